The summed E-state index contributed by atoms with van der Waals surface area (Å²) in [5, 5.41) is 20.3. The van der Waals surface area contributed by atoms with Gasteiger partial charge in [0.05, 0.1) is 4.92 Å². The average Bonchev–Trinajstić information content (AvgIpc) is 2.19. The summed E-state index contributed by atoms with van der Waals surface area (Å²) in [5.74, 6) is -0.349. The summed E-state index contributed by atoms with van der Waals surface area (Å²) >= 11 is 3.14. The highest BCUT2D eigenvalue weighted by atomic mass is 79.9. The number of hydrogen-bond acceptors (Lipinski definition) is 4. The molecule has 0 aliphatic rings. The molecule has 0 spiro atoms. The molecule has 0 aliphatic heterocycles. The van der Waals surface area contributed by atoms with Gasteiger partial charge in [0.15, 0.2) is 5.75 Å². The van der Waals surface area contributed by atoms with Crippen LogP contribution in [0.3, 0.4) is 0 Å². The molecule has 0 saturated heterocycles. The van der Waals surface area contributed by atoms with Crippen molar-refractivity contribution in [1.29, 1.82) is 0 Å². The van der Waals surface area contributed by atoms with Crippen LogP contribution in [0.15, 0.2) is 16.6 Å². The van der Waals surface area contributed by atoms with E-state index in [-0.39, 0.29) is 11.4 Å². The van der Waals surface area contributed by atoms with Crippen LogP contribution in [0.1, 0.15) is 24.9 Å². The Morgan fingerprint density at radius 3 is 2.73 bits per heavy atom. The Morgan fingerprint density at radius 2 is 2.27 bits per heavy atom. The summed E-state index contributed by atoms with van der Waals surface area (Å²) in [7, 11) is 0. The summed E-state index contributed by atoms with van der Waals surface area (Å²) in [5.41, 5.74) is 5.79. The number of rotatable bonds is 3. The molecule has 82 valence electrons. The molecule has 0 aromatic heterocycles. The lowest BCUT2D eigenvalue weighted by Crippen LogP contribution is -2.09. The van der Waals surface area contributed by atoms with Crippen molar-refractivity contribution in [3.05, 3.63) is 32.3 Å². The van der Waals surface area contributed by atoms with Crippen molar-refractivity contribution in [2.45, 2.75) is 19.4 Å². The highest BCUT2D eigenvalue weighted by Gasteiger charge is 2.21. The summed E-state index contributed by atoms with van der Waals surface area (Å²) in [6, 6.07) is 2.44. The normalized spacial score (nSPS) is 12.5. The molecule has 1 aromatic rings. The number of phenols is 1. The fraction of sp³-hybridized carbons (Fsp3) is 0.333. The zero-order valence-corrected chi connectivity index (χ0v) is 9.69. The summed E-state index contributed by atoms with van der Waals surface area (Å²) in [4.78, 5) is 9.99. The fourth-order valence-corrected chi connectivity index (χ4v) is 1.71. The first-order valence-electron chi connectivity index (χ1n) is 4.39. The lowest BCUT2D eigenvalue weighted by Gasteiger charge is -2.11. The molecule has 0 aliphatic carbocycles. The molecule has 1 atom stereocenters. The minimum atomic E-state index is -0.633. The Morgan fingerprint density at radius 1 is 1.67 bits per heavy atom. The van der Waals surface area contributed by atoms with Crippen LogP contribution < -0.4 is 5.73 Å². The molecule has 1 aromatic carbocycles. The molecule has 0 unspecified atom stereocenters. The van der Waals surface area contributed by atoms with Crippen LogP contribution in [0.25, 0.3) is 0 Å². The number of benzene rings is 1. The number of nitro benzene ring substituents is 1. The zero-order valence-electron chi connectivity index (χ0n) is 8.11. The second kappa shape index (κ2) is 4.59. The van der Waals surface area contributed by atoms with E-state index in [2.05, 4.69) is 15.9 Å². The lowest BCUT2D eigenvalue weighted by molar-refractivity contribution is -0.386. The van der Waals surface area contributed by atoms with Gasteiger partial charge in [0.2, 0.25) is 0 Å². The molecule has 3 N–H and O–H groups in total. The molecular formula is C9H11BrN2O3. The number of aromatic hydroxyl groups is 1. The van der Waals surface area contributed by atoms with Crippen molar-refractivity contribution in [1.82, 2.24) is 0 Å². The van der Waals surface area contributed by atoms with E-state index in [4.69, 9.17) is 5.73 Å². The van der Waals surface area contributed by atoms with Gasteiger partial charge in [0.25, 0.3) is 0 Å². The smallest absolute Gasteiger partial charge is 0.312 e. The third kappa shape index (κ3) is 2.45. The SMILES string of the molecule is CC[C@H](N)c1cc(Br)cc([N+](=O)[O-])c1O. The largest absolute Gasteiger partial charge is 0.502 e. The van der Waals surface area contributed by atoms with Crippen molar-refractivity contribution in [3.63, 3.8) is 0 Å². The van der Waals surface area contributed by atoms with Gasteiger partial charge in [-0.3, -0.25) is 10.1 Å². The van der Waals surface area contributed by atoms with Crippen molar-refractivity contribution in [3.8, 4) is 5.75 Å². The Balaban J connectivity index is 3.34. The van der Waals surface area contributed by atoms with Crippen molar-refractivity contribution in [2.75, 3.05) is 0 Å². The molecule has 0 bridgehead atoms. The van der Waals surface area contributed by atoms with Gasteiger partial charge in [-0.05, 0) is 12.5 Å². The maximum atomic E-state index is 10.6. The number of nitrogens with zero attached hydrogens (tertiary/aromatic N) is 1. The summed E-state index contributed by atoms with van der Waals surface area (Å²) in [6.07, 6.45) is 0.598. The van der Waals surface area contributed by atoms with Crippen LogP contribution in [0.2, 0.25) is 0 Å². The first kappa shape index (κ1) is 11.9. The molecule has 1 rings (SSSR count). The molecule has 0 fully saturated rings. The Hall–Kier alpha value is -1.14. The van der Waals surface area contributed by atoms with Crippen LogP contribution in [-0.4, -0.2) is 10.0 Å². The van der Waals surface area contributed by atoms with Crippen LogP contribution in [0.5, 0.6) is 5.75 Å². The lowest BCUT2D eigenvalue weighted by atomic mass is 10.0. The molecule has 0 heterocycles. The van der Waals surface area contributed by atoms with E-state index in [1.807, 2.05) is 6.92 Å². The van der Waals surface area contributed by atoms with Crippen molar-refractivity contribution < 1.29 is 10.0 Å². The predicted molar refractivity (Wildman–Crippen MR) is 59.7 cm³/mol. The van der Waals surface area contributed by atoms with E-state index < -0.39 is 11.0 Å². The summed E-state index contributed by atoms with van der Waals surface area (Å²) < 4.78 is 0.533. The van der Waals surface area contributed by atoms with Crippen LogP contribution in [0.4, 0.5) is 5.69 Å². The Kier molecular flexibility index (Phi) is 3.65. The van der Waals surface area contributed by atoms with Gasteiger partial charge < -0.3 is 10.8 Å². The highest BCUT2D eigenvalue weighted by Crippen LogP contribution is 2.36. The molecule has 6 heteroatoms. The average molecular weight is 275 g/mol. The van der Waals surface area contributed by atoms with Gasteiger partial charge in [-0.25, -0.2) is 0 Å². The third-order valence-electron chi connectivity index (χ3n) is 2.12. The van der Waals surface area contributed by atoms with E-state index in [9.17, 15) is 15.2 Å². The number of phenolic OH excluding ortho intramolecular Hbond substituents is 1. The quantitative estimate of drug-likeness (QED) is 0.655. The fourth-order valence-electron chi connectivity index (χ4n) is 1.25. The van der Waals surface area contributed by atoms with E-state index in [1.54, 1.807) is 6.07 Å². The molecule has 0 saturated carbocycles. The molecule has 5 nitrogen and oxygen atoms in total. The van der Waals surface area contributed by atoms with E-state index in [0.29, 0.717) is 16.5 Å². The Bertz CT molecular complexity index is 395. The van der Waals surface area contributed by atoms with Crippen molar-refractivity contribution >= 4 is 21.6 Å². The van der Waals surface area contributed by atoms with E-state index in [1.165, 1.54) is 6.07 Å². The van der Waals surface area contributed by atoms with E-state index >= 15 is 0 Å². The zero-order chi connectivity index (χ0) is 11.6. The first-order chi connectivity index (χ1) is 6.97. The monoisotopic (exact) mass is 274 g/mol. The maximum Gasteiger partial charge on any atom is 0.312 e. The summed E-state index contributed by atoms with van der Waals surface area (Å²) in [6.45, 7) is 1.84. The predicted octanol–water partition coefficient (Wildman–Crippen LogP) is 2.47. The van der Waals surface area contributed by atoms with E-state index in [0.717, 1.165) is 0 Å². The third-order valence-corrected chi connectivity index (χ3v) is 2.58. The van der Waals surface area contributed by atoms with Crippen LogP contribution >= 0.6 is 15.9 Å². The molecular weight excluding hydrogens is 264 g/mol. The van der Waals surface area contributed by atoms with Crippen LogP contribution in [-0.2, 0) is 0 Å². The Labute approximate surface area is 95.2 Å². The first-order valence-corrected chi connectivity index (χ1v) is 5.19. The number of hydrogen-bond donors (Lipinski definition) is 2. The minimum absolute atomic E-state index is 0.330. The molecule has 0 amide bonds. The second-order valence-corrected chi connectivity index (χ2v) is 4.05. The standard InChI is InChI=1S/C9H11BrN2O3/c1-2-7(11)6-3-5(10)4-8(9(6)13)12(14)15/h3-4,7,13H,2,11H2,1H3/t7-/m0/s1. The number of halogens is 1. The number of nitro groups is 1. The van der Waals surface area contributed by atoms with Gasteiger partial charge in [0.1, 0.15) is 0 Å². The second-order valence-electron chi connectivity index (χ2n) is 3.13. The maximum absolute atomic E-state index is 10.6. The van der Waals surface area contributed by atoms with Crippen molar-refractivity contribution in [2.24, 2.45) is 5.73 Å². The number of nitrogens with two attached hydrogens (primary N) is 1. The van der Waals surface area contributed by atoms with Gasteiger partial charge >= 0.3 is 5.69 Å². The van der Waals surface area contributed by atoms with Gasteiger partial charge in [-0.1, -0.05) is 22.9 Å². The van der Waals surface area contributed by atoms with Gasteiger partial charge in [-0.15, -0.1) is 0 Å². The molecule has 0 radical (unpaired) electrons. The highest BCUT2D eigenvalue weighted by molar-refractivity contribution is 9.10. The van der Waals surface area contributed by atoms with Gasteiger partial charge in [-0.2, -0.15) is 0 Å². The molecule has 15 heavy (non-hydrogen) atoms. The minimum Gasteiger partial charge on any atom is -0.502 e. The van der Waals surface area contributed by atoms with Crippen LogP contribution in [0, 0.1) is 10.1 Å². The van der Waals surface area contributed by atoms with Gasteiger partial charge in [0, 0.05) is 22.1 Å². The topological polar surface area (TPSA) is 89.4 Å².